The molecule has 0 saturated heterocycles. The van der Waals surface area contributed by atoms with E-state index in [0.717, 1.165) is 35.9 Å². The lowest BCUT2D eigenvalue weighted by Crippen LogP contribution is -2.07. The van der Waals surface area contributed by atoms with Crippen molar-refractivity contribution in [2.45, 2.75) is 38.8 Å². The summed E-state index contributed by atoms with van der Waals surface area (Å²) in [6, 6.07) is 15.9. The SMILES string of the molecule is Cc1ccc(-c2ccc3c(c2)CCCC3)n1-c1cccc(C(F)(F)F)c1. The van der Waals surface area contributed by atoms with Crippen molar-refractivity contribution < 1.29 is 13.2 Å². The van der Waals surface area contributed by atoms with Crippen molar-refractivity contribution in [1.29, 1.82) is 0 Å². The minimum atomic E-state index is -4.34. The van der Waals surface area contributed by atoms with Crippen LogP contribution in [0.15, 0.2) is 54.6 Å². The molecule has 1 aromatic heterocycles. The van der Waals surface area contributed by atoms with Crippen molar-refractivity contribution in [3.8, 4) is 16.9 Å². The van der Waals surface area contributed by atoms with Crippen molar-refractivity contribution in [3.63, 3.8) is 0 Å². The molecular formula is C22H20F3N. The van der Waals surface area contributed by atoms with Crippen molar-refractivity contribution >= 4 is 0 Å². The van der Waals surface area contributed by atoms with E-state index >= 15 is 0 Å². The van der Waals surface area contributed by atoms with Crippen LogP contribution in [0.5, 0.6) is 0 Å². The fourth-order valence-corrected chi connectivity index (χ4v) is 3.82. The molecule has 4 rings (SSSR count). The predicted molar refractivity (Wildman–Crippen MR) is 97.6 cm³/mol. The quantitative estimate of drug-likeness (QED) is 0.505. The van der Waals surface area contributed by atoms with Crippen LogP contribution in [-0.4, -0.2) is 4.57 Å². The van der Waals surface area contributed by atoms with E-state index in [1.54, 1.807) is 6.07 Å². The van der Waals surface area contributed by atoms with E-state index in [2.05, 4.69) is 18.2 Å². The molecular weight excluding hydrogens is 335 g/mol. The molecule has 0 radical (unpaired) electrons. The highest BCUT2D eigenvalue weighted by Crippen LogP contribution is 2.34. The monoisotopic (exact) mass is 355 g/mol. The fourth-order valence-electron chi connectivity index (χ4n) is 3.82. The first-order chi connectivity index (χ1) is 12.4. The van der Waals surface area contributed by atoms with Gasteiger partial charge in [0.25, 0.3) is 0 Å². The second-order valence-electron chi connectivity index (χ2n) is 6.93. The summed E-state index contributed by atoms with van der Waals surface area (Å²) in [5.74, 6) is 0. The van der Waals surface area contributed by atoms with Gasteiger partial charge in [0, 0.05) is 11.4 Å². The highest BCUT2D eigenvalue weighted by molar-refractivity contribution is 5.66. The Labute approximate surface area is 151 Å². The molecule has 1 nitrogen and oxygen atoms in total. The van der Waals surface area contributed by atoms with Gasteiger partial charge in [-0.3, -0.25) is 0 Å². The van der Waals surface area contributed by atoms with E-state index in [-0.39, 0.29) is 0 Å². The van der Waals surface area contributed by atoms with Gasteiger partial charge in [0.1, 0.15) is 0 Å². The van der Waals surface area contributed by atoms with Gasteiger partial charge in [-0.25, -0.2) is 0 Å². The number of benzene rings is 2. The molecule has 0 N–H and O–H groups in total. The van der Waals surface area contributed by atoms with Crippen LogP contribution in [0, 0.1) is 6.92 Å². The third-order valence-electron chi connectivity index (χ3n) is 5.15. The van der Waals surface area contributed by atoms with Gasteiger partial charge >= 0.3 is 6.18 Å². The van der Waals surface area contributed by atoms with E-state index < -0.39 is 11.7 Å². The molecule has 2 aromatic carbocycles. The Kier molecular flexibility index (Phi) is 4.14. The van der Waals surface area contributed by atoms with Crippen LogP contribution in [0.1, 0.15) is 35.2 Å². The molecule has 1 aliphatic carbocycles. The fraction of sp³-hybridized carbons (Fsp3) is 0.273. The summed E-state index contributed by atoms with van der Waals surface area (Å²) in [7, 11) is 0. The van der Waals surface area contributed by atoms with E-state index in [0.29, 0.717) is 5.69 Å². The number of rotatable bonds is 2. The summed E-state index contributed by atoms with van der Waals surface area (Å²) in [6.45, 7) is 1.92. The van der Waals surface area contributed by atoms with Crippen molar-refractivity contribution in [1.82, 2.24) is 4.57 Å². The number of aryl methyl sites for hydroxylation is 3. The zero-order chi connectivity index (χ0) is 18.3. The second-order valence-corrected chi connectivity index (χ2v) is 6.93. The molecule has 0 aliphatic heterocycles. The van der Waals surface area contributed by atoms with Gasteiger partial charge in [-0.05, 0) is 85.7 Å². The molecule has 0 fully saturated rings. The number of hydrogen-bond donors (Lipinski definition) is 0. The molecule has 0 bridgehead atoms. The second kappa shape index (κ2) is 6.35. The summed E-state index contributed by atoms with van der Waals surface area (Å²) in [6.07, 6.45) is 0.273. The smallest absolute Gasteiger partial charge is 0.314 e. The summed E-state index contributed by atoms with van der Waals surface area (Å²) >= 11 is 0. The van der Waals surface area contributed by atoms with Crippen LogP contribution in [0.25, 0.3) is 16.9 Å². The number of hydrogen-bond acceptors (Lipinski definition) is 0. The van der Waals surface area contributed by atoms with Gasteiger partial charge in [0.05, 0.1) is 11.3 Å². The zero-order valence-corrected chi connectivity index (χ0v) is 14.6. The number of aromatic nitrogens is 1. The lowest BCUT2D eigenvalue weighted by molar-refractivity contribution is -0.137. The average molecular weight is 355 g/mol. The average Bonchev–Trinajstić information content (AvgIpc) is 3.02. The molecule has 0 spiro atoms. The van der Waals surface area contributed by atoms with Crippen LogP contribution in [-0.2, 0) is 19.0 Å². The normalized spacial score (nSPS) is 14.3. The molecule has 0 saturated carbocycles. The Morgan fingerprint density at radius 3 is 2.38 bits per heavy atom. The van der Waals surface area contributed by atoms with Gasteiger partial charge in [-0.15, -0.1) is 0 Å². The third kappa shape index (κ3) is 3.05. The Morgan fingerprint density at radius 2 is 1.62 bits per heavy atom. The Hall–Kier alpha value is -2.49. The van der Waals surface area contributed by atoms with Gasteiger partial charge in [-0.1, -0.05) is 18.2 Å². The van der Waals surface area contributed by atoms with Gasteiger partial charge in [0.15, 0.2) is 0 Å². The van der Waals surface area contributed by atoms with Crippen molar-refractivity contribution in [3.05, 3.63) is 77.0 Å². The van der Waals surface area contributed by atoms with Crippen LogP contribution >= 0.6 is 0 Å². The molecule has 1 aliphatic rings. The molecule has 4 heteroatoms. The maximum atomic E-state index is 13.1. The molecule has 134 valence electrons. The minimum absolute atomic E-state index is 0.537. The highest BCUT2D eigenvalue weighted by atomic mass is 19.4. The third-order valence-corrected chi connectivity index (χ3v) is 5.15. The lowest BCUT2D eigenvalue weighted by atomic mass is 9.90. The number of fused-ring (bicyclic) bond motifs is 1. The van der Waals surface area contributed by atoms with E-state index in [1.807, 2.05) is 23.6 Å². The van der Waals surface area contributed by atoms with Crippen LogP contribution in [0.4, 0.5) is 13.2 Å². The van der Waals surface area contributed by atoms with Gasteiger partial charge in [-0.2, -0.15) is 13.2 Å². The van der Waals surface area contributed by atoms with E-state index in [1.165, 1.54) is 36.1 Å². The minimum Gasteiger partial charge on any atom is -0.314 e. The van der Waals surface area contributed by atoms with E-state index in [4.69, 9.17) is 0 Å². The maximum Gasteiger partial charge on any atom is 0.416 e. The number of halogens is 3. The van der Waals surface area contributed by atoms with Crippen LogP contribution in [0.2, 0.25) is 0 Å². The molecule has 3 aromatic rings. The predicted octanol–water partition coefficient (Wildman–Crippen LogP) is 6.35. The molecule has 0 atom stereocenters. The van der Waals surface area contributed by atoms with Crippen molar-refractivity contribution in [2.75, 3.05) is 0 Å². The molecule has 26 heavy (non-hydrogen) atoms. The standard InChI is InChI=1S/C22H20F3N/c1-15-9-12-21(18-11-10-16-5-2-3-6-17(16)13-18)26(15)20-8-4-7-19(14-20)22(23,24)25/h4,7-14H,2-3,5-6H2,1H3. The van der Waals surface area contributed by atoms with E-state index in [9.17, 15) is 13.2 Å². The number of alkyl halides is 3. The summed E-state index contributed by atoms with van der Waals surface area (Å²) in [5.41, 5.74) is 5.56. The zero-order valence-electron chi connectivity index (χ0n) is 14.6. The summed E-state index contributed by atoms with van der Waals surface area (Å²) < 4.78 is 41.2. The Balaban J connectivity index is 1.82. The Morgan fingerprint density at radius 1 is 0.846 bits per heavy atom. The van der Waals surface area contributed by atoms with Crippen LogP contribution in [0.3, 0.4) is 0 Å². The van der Waals surface area contributed by atoms with Crippen molar-refractivity contribution in [2.24, 2.45) is 0 Å². The first kappa shape index (κ1) is 17.0. The Bertz CT molecular complexity index is 950. The number of nitrogens with zero attached hydrogens (tertiary/aromatic N) is 1. The molecule has 0 amide bonds. The largest absolute Gasteiger partial charge is 0.416 e. The molecule has 1 heterocycles. The van der Waals surface area contributed by atoms with Gasteiger partial charge < -0.3 is 4.57 Å². The van der Waals surface area contributed by atoms with Crippen LogP contribution < -0.4 is 0 Å². The first-order valence-corrected chi connectivity index (χ1v) is 8.91. The summed E-state index contributed by atoms with van der Waals surface area (Å²) in [4.78, 5) is 0. The first-order valence-electron chi connectivity index (χ1n) is 8.91. The summed E-state index contributed by atoms with van der Waals surface area (Å²) in [5, 5.41) is 0. The topological polar surface area (TPSA) is 4.93 Å². The lowest BCUT2D eigenvalue weighted by Gasteiger charge is -2.18. The van der Waals surface area contributed by atoms with Gasteiger partial charge in [0.2, 0.25) is 0 Å². The molecule has 0 unspecified atom stereocenters. The highest BCUT2D eigenvalue weighted by Gasteiger charge is 2.30. The maximum absolute atomic E-state index is 13.1.